The van der Waals surface area contributed by atoms with Crippen molar-refractivity contribution in [2.24, 2.45) is 5.92 Å². The van der Waals surface area contributed by atoms with Crippen LogP contribution in [0.15, 0.2) is 4.52 Å². The molecular formula is C14H21N3O4. The van der Waals surface area contributed by atoms with Gasteiger partial charge in [-0.1, -0.05) is 5.16 Å². The van der Waals surface area contributed by atoms with Gasteiger partial charge in [0.05, 0.1) is 13.0 Å². The van der Waals surface area contributed by atoms with Crippen LogP contribution in [-0.2, 0) is 20.7 Å². The molecule has 1 heterocycles. The molecule has 1 aromatic rings. The molecule has 0 bridgehead atoms. The summed E-state index contributed by atoms with van der Waals surface area (Å²) in [5, 5.41) is 6.67. The van der Waals surface area contributed by atoms with Gasteiger partial charge in [0.2, 0.25) is 11.8 Å². The molecule has 1 fully saturated rings. The number of amides is 1. The largest absolute Gasteiger partial charge is 0.469 e. The van der Waals surface area contributed by atoms with Crippen molar-refractivity contribution in [3.8, 4) is 0 Å². The lowest BCUT2D eigenvalue weighted by atomic mass is 9.86. The smallest absolute Gasteiger partial charge is 0.308 e. The van der Waals surface area contributed by atoms with E-state index in [0.717, 1.165) is 25.7 Å². The Balaban J connectivity index is 1.68. The maximum absolute atomic E-state index is 11.9. The van der Waals surface area contributed by atoms with Gasteiger partial charge >= 0.3 is 5.97 Å². The van der Waals surface area contributed by atoms with Gasteiger partial charge in [-0.05, 0) is 32.6 Å². The van der Waals surface area contributed by atoms with E-state index in [-0.39, 0.29) is 23.8 Å². The van der Waals surface area contributed by atoms with E-state index in [1.54, 1.807) is 6.92 Å². The first-order valence-electron chi connectivity index (χ1n) is 7.25. The molecule has 1 aliphatic carbocycles. The van der Waals surface area contributed by atoms with E-state index in [4.69, 9.17) is 9.26 Å². The molecule has 0 spiro atoms. The Hall–Kier alpha value is -1.92. The molecule has 1 N–H and O–H groups in total. The van der Waals surface area contributed by atoms with E-state index >= 15 is 0 Å². The monoisotopic (exact) mass is 295 g/mol. The Labute approximate surface area is 123 Å². The minimum atomic E-state index is -0.147. The molecule has 116 valence electrons. The molecular weight excluding hydrogens is 274 g/mol. The van der Waals surface area contributed by atoms with Crippen LogP contribution in [0.25, 0.3) is 0 Å². The number of aryl methyl sites for hydroxylation is 2. The van der Waals surface area contributed by atoms with E-state index in [1.807, 2.05) is 0 Å². The summed E-state index contributed by atoms with van der Waals surface area (Å²) < 4.78 is 9.71. The maximum atomic E-state index is 11.9. The zero-order chi connectivity index (χ0) is 15.2. The third kappa shape index (κ3) is 4.54. The number of nitrogens with one attached hydrogen (secondary N) is 1. The van der Waals surface area contributed by atoms with Crippen molar-refractivity contribution in [3.05, 3.63) is 11.7 Å². The zero-order valence-electron chi connectivity index (χ0n) is 12.4. The van der Waals surface area contributed by atoms with Crippen molar-refractivity contribution in [1.29, 1.82) is 0 Å². The minimum Gasteiger partial charge on any atom is -0.469 e. The second-order valence-electron chi connectivity index (χ2n) is 5.37. The highest BCUT2D eigenvalue weighted by Gasteiger charge is 2.27. The molecule has 1 aliphatic rings. The van der Waals surface area contributed by atoms with E-state index in [9.17, 15) is 9.59 Å². The second kappa shape index (κ2) is 7.19. The summed E-state index contributed by atoms with van der Waals surface area (Å²) in [7, 11) is 1.41. The van der Waals surface area contributed by atoms with Crippen molar-refractivity contribution in [2.45, 2.75) is 51.5 Å². The normalized spacial score (nSPS) is 21.8. The molecule has 1 aromatic heterocycles. The molecule has 0 unspecified atom stereocenters. The predicted octanol–water partition coefficient (Wildman–Crippen LogP) is 1.16. The van der Waals surface area contributed by atoms with Crippen molar-refractivity contribution in [3.63, 3.8) is 0 Å². The molecule has 1 amide bonds. The van der Waals surface area contributed by atoms with Crippen molar-refractivity contribution in [2.75, 3.05) is 7.11 Å². The first-order valence-corrected chi connectivity index (χ1v) is 7.25. The molecule has 7 nitrogen and oxygen atoms in total. The van der Waals surface area contributed by atoms with E-state index in [0.29, 0.717) is 24.6 Å². The second-order valence-corrected chi connectivity index (χ2v) is 5.37. The molecule has 1 saturated carbocycles. The molecule has 2 rings (SSSR count). The number of aromatic nitrogens is 2. The lowest BCUT2D eigenvalue weighted by Crippen LogP contribution is -2.39. The SMILES string of the molecule is COC(=O)C1CCC(NC(=O)CCc2nc(C)no2)CC1. The van der Waals surface area contributed by atoms with Crippen molar-refractivity contribution < 1.29 is 18.8 Å². The number of hydrogen-bond donors (Lipinski definition) is 1. The molecule has 7 heteroatoms. The van der Waals surface area contributed by atoms with E-state index in [1.165, 1.54) is 7.11 Å². The number of ether oxygens (including phenoxy) is 1. The molecule has 21 heavy (non-hydrogen) atoms. The summed E-state index contributed by atoms with van der Waals surface area (Å²) in [5.41, 5.74) is 0. The summed E-state index contributed by atoms with van der Waals surface area (Å²) >= 11 is 0. The van der Waals surface area contributed by atoms with Gasteiger partial charge < -0.3 is 14.6 Å². The van der Waals surface area contributed by atoms with Crippen LogP contribution < -0.4 is 5.32 Å². The van der Waals surface area contributed by atoms with Crippen LogP contribution in [-0.4, -0.2) is 35.2 Å². The standard InChI is InChI=1S/C14H21N3O4/c1-9-15-13(21-17-9)8-7-12(18)16-11-5-3-10(4-6-11)14(19)20-2/h10-11H,3-8H2,1-2H3,(H,16,18). The first-order chi connectivity index (χ1) is 10.1. The van der Waals surface area contributed by atoms with Crippen LogP contribution in [0.5, 0.6) is 0 Å². The lowest BCUT2D eigenvalue weighted by Gasteiger charge is -2.27. The molecule has 0 radical (unpaired) electrons. The topological polar surface area (TPSA) is 94.3 Å². The molecule has 0 aliphatic heterocycles. The first kappa shape index (κ1) is 15.5. The van der Waals surface area contributed by atoms with Crippen LogP contribution in [0.2, 0.25) is 0 Å². The Kier molecular flexibility index (Phi) is 5.30. The minimum absolute atomic E-state index is 0.0210. The van der Waals surface area contributed by atoms with Crippen LogP contribution in [0, 0.1) is 12.8 Å². The molecule has 0 aromatic carbocycles. The summed E-state index contributed by atoms with van der Waals surface area (Å²) in [6.07, 6.45) is 3.93. The van der Waals surface area contributed by atoms with Crippen molar-refractivity contribution in [1.82, 2.24) is 15.5 Å². The van der Waals surface area contributed by atoms with Crippen LogP contribution >= 0.6 is 0 Å². The van der Waals surface area contributed by atoms with Crippen molar-refractivity contribution >= 4 is 11.9 Å². The zero-order valence-corrected chi connectivity index (χ0v) is 12.4. The quantitative estimate of drug-likeness (QED) is 0.819. The Morgan fingerprint density at radius 3 is 2.62 bits per heavy atom. The number of hydrogen-bond acceptors (Lipinski definition) is 6. The summed E-state index contributed by atoms with van der Waals surface area (Å²) in [4.78, 5) is 27.4. The third-order valence-electron chi connectivity index (χ3n) is 3.76. The fourth-order valence-corrected chi connectivity index (χ4v) is 2.60. The number of methoxy groups -OCH3 is 1. The van der Waals surface area contributed by atoms with Gasteiger partial charge in [-0.25, -0.2) is 0 Å². The fraction of sp³-hybridized carbons (Fsp3) is 0.714. The maximum Gasteiger partial charge on any atom is 0.308 e. The van der Waals surface area contributed by atoms with Crippen LogP contribution in [0.4, 0.5) is 0 Å². The predicted molar refractivity (Wildman–Crippen MR) is 73.3 cm³/mol. The summed E-state index contributed by atoms with van der Waals surface area (Å²) in [6, 6.07) is 0.142. The molecule has 0 atom stereocenters. The van der Waals surface area contributed by atoms with E-state index in [2.05, 4.69) is 15.5 Å². The van der Waals surface area contributed by atoms with Gasteiger partial charge in [-0.3, -0.25) is 9.59 Å². The third-order valence-corrected chi connectivity index (χ3v) is 3.76. The highest BCUT2D eigenvalue weighted by atomic mass is 16.5. The Morgan fingerprint density at radius 2 is 2.05 bits per heavy atom. The Bertz CT molecular complexity index is 492. The number of rotatable bonds is 5. The lowest BCUT2D eigenvalue weighted by molar-refractivity contribution is -0.146. The highest BCUT2D eigenvalue weighted by Crippen LogP contribution is 2.25. The van der Waals surface area contributed by atoms with Gasteiger partial charge in [-0.15, -0.1) is 0 Å². The van der Waals surface area contributed by atoms with Gasteiger partial charge in [0.1, 0.15) is 0 Å². The number of carbonyl (C=O) groups excluding carboxylic acids is 2. The summed E-state index contributed by atoms with van der Waals surface area (Å²) in [5.74, 6) is 0.868. The van der Waals surface area contributed by atoms with Crippen LogP contribution in [0.1, 0.15) is 43.8 Å². The average Bonchev–Trinajstić information content (AvgIpc) is 2.91. The van der Waals surface area contributed by atoms with Gasteiger partial charge in [-0.2, -0.15) is 4.98 Å². The number of nitrogens with zero attached hydrogens (tertiary/aromatic N) is 2. The number of esters is 1. The number of carbonyl (C=O) groups is 2. The Morgan fingerprint density at radius 1 is 1.33 bits per heavy atom. The molecule has 0 saturated heterocycles. The van der Waals surface area contributed by atoms with Gasteiger partial charge in [0.15, 0.2) is 5.82 Å². The van der Waals surface area contributed by atoms with Crippen LogP contribution in [0.3, 0.4) is 0 Å². The van der Waals surface area contributed by atoms with Gasteiger partial charge in [0.25, 0.3) is 0 Å². The fourth-order valence-electron chi connectivity index (χ4n) is 2.60. The highest BCUT2D eigenvalue weighted by molar-refractivity contribution is 5.76. The van der Waals surface area contributed by atoms with E-state index < -0.39 is 0 Å². The van der Waals surface area contributed by atoms with Gasteiger partial charge in [0, 0.05) is 18.9 Å². The summed E-state index contributed by atoms with van der Waals surface area (Å²) in [6.45, 7) is 1.74. The average molecular weight is 295 g/mol.